The normalized spacial score (nSPS) is 25.5. The van der Waals surface area contributed by atoms with Crippen molar-refractivity contribution in [1.82, 2.24) is 19.5 Å². The minimum Gasteiger partial charge on any atom is -0.390 e. The molecule has 0 amide bonds. The van der Waals surface area contributed by atoms with Crippen molar-refractivity contribution in [2.75, 3.05) is 19.0 Å². The van der Waals surface area contributed by atoms with Crippen molar-refractivity contribution in [3.8, 4) is 0 Å². The lowest BCUT2D eigenvalue weighted by molar-refractivity contribution is -0.0423. The second-order valence-corrected chi connectivity index (χ2v) is 10.7. The molecule has 32 heavy (non-hydrogen) atoms. The van der Waals surface area contributed by atoms with Crippen LogP contribution >= 0.6 is 23.5 Å². The van der Waals surface area contributed by atoms with Crippen molar-refractivity contribution < 1.29 is 56.3 Å². The zero-order chi connectivity index (χ0) is 23.9. The van der Waals surface area contributed by atoms with Gasteiger partial charge in [-0.25, -0.2) is 18.7 Å². The number of aliphatic hydroxyl groups is 1. The van der Waals surface area contributed by atoms with E-state index in [9.17, 15) is 28.5 Å². The van der Waals surface area contributed by atoms with Crippen molar-refractivity contribution in [1.29, 1.82) is 0 Å². The summed E-state index contributed by atoms with van der Waals surface area (Å²) in [4.78, 5) is 58.2. The molecule has 3 heterocycles. The van der Waals surface area contributed by atoms with Gasteiger partial charge in [0, 0.05) is 13.5 Å². The quantitative estimate of drug-likeness (QED) is 0.198. The van der Waals surface area contributed by atoms with Gasteiger partial charge in [-0.15, -0.1) is 0 Å². The summed E-state index contributed by atoms with van der Waals surface area (Å²) in [5.74, 6) is 0.145. The van der Waals surface area contributed by atoms with E-state index in [4.69, 9.17) is 19.4 Å². The van der Waals surface area contributed by atoms with Crippen molar-refractivity contribution in [3.63, 3.8) is 0 Å². The number of H-pyrrole nitrogens is 1. The number of imidazole rings is 1. The number of aromatic amines is 1. The Hall–Kier alpha value is -1.52. The predicted octanol–water partition coefficient (Wildman–Crippen LogP) is -0.847. The zero-order valence-corrected chi connectivity index (χ0v) is 18.6. The molecule has 2 aromatic rings. The number of phosphoric ester groups is 1. The maximum atomic E-state index is 12.0. The Balaban J connectivity index is 1.68. The fourth-order valence-electron chi connectivity index (χ4n) is 2.76. The lowest BCUT2D eigenvalue weighted by Gasteiger charge is -2.19. The second kappa shape index (κ2) is 9.02. The third-order valence-electron chi connectivity index (χ3n) is 4.00. The Morgan fingerprint density at radius 3 is 2.56 bits per heavy atom. The highest BCUT2D eigenvalue weighted by Crippen LogP contribution is 2.66. The molecule has 3 rings (SSSR count). The van der Waals surface area contributed by atoms with Gasteiger partial charge in [-0.05, 0) is 0 Å². The van der Waals surface area contributed by atoms with E-state index >= 15 is 0 Å². The molecular weight excluding hydrogens is 503 g/mol. The highest BCUT2D eigenvalue weighted by molar-refractivity contribution is 7.66. The van der Waals surface area contributed by atoms with Gasteiger partial charge < -0.3 is 34.7 Å². The van der Waals surface area contributed by atoms with Crippen LogP contribution in [0.15, 0.2) is 11.1 Å². The third kappa shape index (κ3) is 6.08. The van der Waals surface area contributed by atoms with Crippen LogP contribution in [-0.2, 0) is 31.6 Å². The van der Waals surface area contributed by atoms with E-state index in [1.807, 2.05) is 0 Å². The Morgan fingerprint density at radius 2 is 1.94 bits per heavy atom. The predicted molar refractivity (Wildman–Crippen MR) is 102 cm³/mol. The van der Waals surface area contributed by atoms with Gasteiger partial charge in [0.15, 0.2) is 11.2 Å². The average molecular weight is 521 g/mol. The minimum absolute atomic E-state index is 0.00111. The van der Waals surface area contributed by atoms with Crippen molar-refractivity contribution in [2.45, 2.75) is 24.9 Å². The molecule has 180 valence electrons. The van der Waals surface area contributed by atoms with Gasteiger partial charge in [0.05, 0.1) is 19.0 Å². The molecule has 7 N–H and O–H groups in total. The van der Waals surface area contributed by atoms with E-state index in [2.05, 4.69) is 33.4 Å². The second-order valence-electron chi connectivity index (χ2n) is 6.31. The van der Waals surface area contributed by atoms with Gasteiger partial charge in [0.1, 0.15) is 12.3 Å². The number of phosphoric acid groups is 3. The minimum atomic E-state index is -5.67. The molecule has 1 aliphatic heterocycles. The van der Waals surface area contributed by atoms with E-state index in [0.717, 1.165) is 0 Å². The number of aromatic nitrogens is 4. The fourth-order valence-corrected chi connectivity index (χ4v) is 5.79. The summed E-state index contributed by atoms with van der Waals surface area (Å²) < 4.78 is 52.3. The Bertz CT molecular complexity index is 1190. The van der Waals surface area contributed by atoms with Gasteiger partial charge >= 0.3 is 23.5 Å². The maximum absolute atomic E-state index is 12.0. The molecule has 0 aliphatic carbocycles. The van der Waals surface area contributed by atoms with Crippen LogP contribution in [0, 0.1) is 0 Å². The van der Waals surface area contributed by atoms with Crippen LogP contribution in [-0.4, -0.2) is 70.1 Å². The number of rotatable bonds is 9. The molecule has 0 spiro atoms. The SMILES string of the molecule is CNc1nc2c(ncn2[C@H]2C[C@H](O)[C@@H](COP(=O)(O)OP(=O)(O)OP(=O)(O)O)O2)c(=O)[nH]1. The first kappa shape index (κ1) is 25.1. The largest absolute Gasteiger partial charge is 0.490 e. The number of nitrogens with one attached hydrogen (secondary N) is 2. The number of nitrogens with zero attached hydrogens (tertiary/aromatic N) is 3. The average Bonchev–Trinajstić information content (AvgIpc) is 3.20. The molecule has 0 radical (unpaired) electrons. The van der Waals surface area contributed by atoms with E-state index in [1.54, 1.807) is 0 Å². The standard InChI is InChI=1S/C11H18N5O13P3/c1-12-11-14-9-8(10(18)15-11)13-4-16(9)7-2-5(17)6(27-7)3-26-31(22,23)29-32(24,25)28-30(19,20)21/h4-7,17H,2-3H2,1H3,(H,22,23)(H,24,25)(H2,19,20,21)(H2,12,14,15,18)/t5-,6+,7+/m0/s1. The van der Waals surface area contributed by atoms with Crippen LogP contribution in [0.3, 0.4) is 0 Å². The molecular formula is C11H18N5O13P3. The first-order chi connectivity index (χ1) is 14.7. The summed E-state index contributed by atoms with van der Waals surface area (Å²) >= 11 is 0. The summed E-state index contributed by atoms with van der Waals surface area (Å²) in [5, 5.41) is 12.8. The van der Waals surface area contributed by atoms with Gasteiger partial charge in [-0.1, -0.05) is 0 Å². The molecule has 1 saturated heterocycles. The molecule has 0 aromatic carbocycles. The molecule has 0 saturated carbocycles. The van der Waals surface area contributed by atoms with Gasteiger partial charge in [0.2, 0.25) is 5.95 Å². The Morgan fingerprint density at radius 1 is 1.25 bits per heavy atom. The van der Waals surface area contributed by atoms with Crippen molar-refractivity contribution >= 4 is 40.6 Å². The highest BCUT2D eigenvalue weighted by atomic mass is 31.3. The summed E-state index contributed by atoms with van der Waals surface area (Å²) in [7, 11) is -15.0. The van der Waals surface area contributed by atoms with Crippen LogP contribution in [0.2, 0.25) is 0 Å². The monoisotopic (exact) mass is 521 g/mol. The van der Waals surface area contributed by atoms with Crippen molar-refractivity contribution in [3.05, 3.63) is 16.7 Å². The van der Waals surface area contributed by atoms with Gasteiger partial charge in [-0.2, -0.15) is 13.6 Å². The molecule has 18 nitrogen and oxygen atoms in total. The summed E-state index contributed by atoms with van der Waals surface area (Å²) in [5.41, 5.74) is -0.400. The van der Waals surface area contributed by atoms with Crippen LogP contribution in [0.1, 0.15) is 12.6 Å². The molecule has 1 fully saturated rings. The van der Waals surface area contributed by atoms with E-state index in [0.29, 0.717) is 0 Å². The number of ether oxygens (including phenoxy) is 1. The highest BCUT2D eigenvalue weighted by Gasteiger charge is 2.43. The van der Waals surface area contributed by atoms with Gasteiger partial charge in [0.25, 0.3) is 5.56 Å². The molecule has 2 unspecified atom stereocenters. The maximum Gasteiger partial charge on any atom is 0.490 e. The van der Waals surface area contributed by atoms with Crippen LogP contribution in [0.5, 0.6) is 0 Å². The number of hydrogen-bond donors (Lipinski definition) is 7. The van der Waals surface area contributed by atoms with E-state index < -0.39 is 54.1 Å². The number of fused-ring (bicyclic) bond motifs is 1. The summed E-state index contributed by atoms with van der Waals surface area (Å²) in [6.07, 6.45) is -2.24. The van der Waals surface area contributed by atoms with E-state index in [-0.39, 0.29) is 23.5 Å². The first-order valence-corrected chi connectivity index (χ1v) is 13.0. The molecule has 5 atom stereocenters. The lowest BCUT2D eigenvalue weighted by Crippen LogP contribution is -2.26. The van der Waals surface area contributed by atoms with Crippen LogP contribution in [0.4, 0.5) is 5.95 Å². The topological polar surface area (TPSA) is 265 Å². The molecule has 21 heteroatoms. The van der Waals surface area contributed by atoms with Gasteiger partial charge in [-0.3, -0.25) is 18.9 Å². The molecule has 0 bridgehead atoms. The van der Waals surface area contributed by atoms with Crippen LogP contribution in [0.25, 0.3) is 11.2 Å². The van der Waals surface area contributed by atoms with E-state index in [1.165, 1.54) is 17.9 Å². The number of hydrogen-bond acceptors (Lipinski definition) is 12. The first-order valence-electron chi connectivity index (χ1n) is 8.46. The number of anilines is 1. The lowest BCUT2D eigenvalue weighted by atomic mass is 10.2. The summed E-state index contributed by atoms with van der Waals surface area (Å²) in [6.45, 7) is -0.830. The summed E-state index contributed by atoms with van der Waals surface area (Å²) in [6, 6.07) is 0. The van der Waals surface area contributed by atoms with Crippen LogP contribution < -0.4 is 10.9 Å². The third-order valence-corrected chi connectivity index (χ3v) is 7.80. The van der Waals surface area contributed by atoms with Crippen molar-refractivity contribution in [2.24, 2.45) is 0 Å². The number of aliphatic hydroxyl groups excluding tert-OH is 1. The smallest absolute Gasteiger partial charge is 0.390 e. The Kier molecular flexibility index (Phi) is 7.08. The molecule has 2 aromatic heterocycles. The molecule has 1 aliphatic rings. The Labute approximate surface area is 177 Å². The fraction of sp³-hybridized carbons (Fsp3) is 0.545. The zero-order valence-electron chi connectivity index (χ0n) is 15.9.